The first-order valence-electron chi connectivity index (χ1n) is 21.8. The van der Waals surface area contributed by atoms with Crippen LogP contribution in [0.25, 0.3) is 72.0 Å². The molecule has 0 unspecified atom stereocenters. The predicted octanol–water partition coefficient (Wildman–Crippen LogP) is 16.2. The lowest BCUT2D eigenvalue weighted by Gasteiger charge is -2.29. The van der Waals surface area contributed by atoms with Gasteiger partial charge >= 0.3 is 0 Å². The molecular formula is C60H46N2. The molecule has 0 amide bonds. The molecule has 9 aromatic carbocycles. The zero-order valence-corrected chi connectivity index (χ0v) is 35.5. The molecule has 1 heterocycles. The molecule has 0 saturated heterocycles. The average Bonchev–Trinajstić information content (AvgIpc) is 3.86. The van der Waals surface area contributed by atoms with Gasteiger partial charge in [0.05, 0.1) is 16.7 Å². The Morgan fingerprint density at radius 1 is 0.355 bits per heavy atom. The van der Waals surface area contributed by atoms with E-state index in [0.717, 1.165) is 11.4 Å². The van der Waals surface area contributed by atoms with Crippen molar-refractivity contribution in [3.8, 4) is 50.2 Å². The van der Waals surface area contributed by atoms with Gasteiger partial charge < -0.3 is 9.47 Å². The maximum Gasteiger partial charge on any atom is 0.0543 e. The first kappa shape index (κ1) is 36.4. The summed E-state index contributed by atoms with van der Waals surface area (Å²) in [6.45, 7) is 9.43. The van der Waals surface area contributed by atoms with Gasteiger partial charge in [-0.15, -0.1) is 0 Å². The molecule has 0 spiro atoms. The molecule has 0 fully saturated rings. The van der Waals surface area contributed by atoms with Gasteiger partial charge in [-0.2, -0.15) is 0 Å². The summed E-state index contributed by atoms with van der Waals surface area (Å²) in [6.07, 6.45) is 0. The average molecular weight is 795 g/mol. The number of para-hydroxylation sites is 2. The Kier molecular flexibility index (Phi) is 7.96. The molecule has 296 valence electrons. The molecule has 0 atom stereocenters. The molecule has 1 aromatic heterocycles. The first-order chi connectivity index (χ1) is 30.3. The van der Waals surface area contributed by atoms with Gasteiger partial charge in [-0.1, -0.05) is 167 Å². The highest BCUT2D eigenvalue weighted by Gasteiger charge is 2.38. The molecule has 2 heteroatoms. The third-order valence-electron chi connectivity index (χ3n) is 14.0. The standard InChI is InChI=1S/C60H46N2/c1-59(2)52-21-12-9-19-49(52)58-53(59)22-14-24-57(58)61(45-33-27-40(28-34-45)42-29-35-47-46-17-8-11-20-51(46)60(3,4)54(47)38-42)44-31-25-39(26-32-44)41-30-36-56-50(37-41)48-18-10-13-23-55(48)62(56)43-15-6-5-7-16-43/h5-38H,1-4H3. The van der Waals surface area contributed by atoms with Crippen LogP contribution in [0.1, 0.15) is 49.9 Å². The van der Waals surface area contributed by atoms with Gasteiger partial charge in [0.2, 0.25) is 0 Å². The number of benzene rings is 9. The number of hydrogen-bond acceptors (Lipinski definition) is 1. The zero-order valence-electron chi connectivity index (χ0n) is 35.5. The molecule has 2 aliphatic carbocycles. The molecule has 0 bridgehead atoms. The van der Waals surface area contributed by atoms with Crippen molar-refractivity contribution in [3.63, 3.8) is 0 Å². The van der Waals surface area contributed by atoms with Crippen LogP contribution >= 0.6 is 0 Å². The summed E-state index contributed by atoms with van der Waals surface area (Å²) in [5.41, 5.74) is 22.6. The second-order valence-electron chi connectivity index (χ2n) is 18.2. The Morgan fingerprint density at radius 3 is 1.60 bits per heavy atom. The van der Waals surface area contributed by atoms with Crippen LogP contribution in [0.2, 0.25) is 0 Å². The molecule has 62 heavy (non-hydrogen) atoms. The summed E-state index contributed by atoms with van der Waals surface area (Å²) in [5, 5.41) is 2.51. The molecule has 2 nitrogen and oxygen atoms in total. The van der Waals surface area contributed by atoms with Crippen LogP contribution in [-0.4, -0.2) is 4.57 Å². The van der Waals surface area contributed by atoms with Gasteiger partial charge in [-0.3, -0.25) is 0 Å². The molecule has 12 rings (SSSR count). The van der Waals surface area contributed by atoms with Gasteiger partial charge in [0, 0.05) is 44.2 Å². The monoisotopic (exact) mass is 794 g/mol. The van der Waals surface area contributed by atoms with Crippen molar-refractivity contribution in [2.45, 2.75) is 38.5 Å². The molecule has 0 radical (unpaired) electrons. The summed E-state index contributed by atoms with van der Waals surface area (Å²) >= 11 is 0. The van der Waals surface area contributed by atoms with Crippen molar-refractivity contribution in [1.82, 2.24) is 4.57 Å². The van der Waals surface area contributed by atoms with Crippen molar-refractivity contribution in [1.29, 1.82) is 0 Å². The fourth-order valence-electron chi connectivity index (χ4n) is 10.8. The fourth-order valence-corrected chi connectivity index (χ4v) is 10.8. The highest BCUT2D eigenvalue weighted by molar-refractivity contribution is 6.10. The Bertz CT molecular complexity index is 3380. The van der Waals surface area contributed by atoms with Gasteiger partial charge in [0.25, 0.3) is 0 Å². The van der Waals surface area contributed by atoms with Crippen LogP contribution < -0.4 is 4.90 Å². The lowest BCUT2D eigenvalue weighted by molar-refractivity contribution is 0.660. The SMILES string of the molecule is CC1(C)c2ccccc2-c2ccc(-c3ccc(N(c4ccc(-c5ccc6c(c5)c5ccccc5n6-c5ccccc5)cc4)c4cccc5c4-c4ccccc4C5(C)C)cc3)cc21. The van der Waals surface area contributed by atoms with E-state index in [1.165, 1.54) is 99.9 Å². The predicted molar refractivity (Wildman–Crippen MR) is 261 cm³/mol. The minimum absolute atomic E-state index is 0.0462. The summed E-state index contributed by atoms with van der Waals surface area (Å²) in [7, 11) is 0. The number of nitrogens with zero attached hydrogens (tertiary/aromatic N) is 2. The van der Waals surface area contributed by atoms with Crippen molar-refractivity contribution in [2.75, 3.05) is 4.90 Å². The van der Waals surface area contributed by atoms with Gasteiger partial charge in [-0.25, -0.2) is 0 Å². The maximum atomic E-state index is 2.46. The quantitative estimate of drug-likeness (QED) is 0.163. The first-order valence-corrected chi connectivity index (χ1v) is 21.8. The third kappa shape index (κ3) is 5.36. The van der Waals surface area contributed by atoms with Crippen LogP contribution in [0.4, 0.5) is 17.1 Å². The molecule has 2 aliphatic rings. The van der Waals surface area contributed by atoms with Crippen molar-refractivity contribution in [3.05, 3.63) is 229 Å². The fraction of sp³-hybridized carbons (Fsp3) is 0.100. The number of anilines is 3. The van der Waals surface area contributed by atoms with E-state index in [9.17, 15) is 0 Å². The normalized spacial score (nSPS) is 14.1. The molecule has 0 saturated carbocycles. The summed E-state index contributed by atoms with van der Waals surface area (Å²) in [5.74, 6) is 0. The Morgan fingerprint density at radius 2 is 0.871 bits per heavy atom. The summed E-state index contributed by atoms with van der Waals surface area (Å²) in [6, 6.07) is 76.5. The Balaban J connectivity index is 0.966. The van der Waals surface area contributed by atoms with Crippen LogP contribution in [0.5, 0.6) is 0 Å². The largest absolute Gasteiger partial charge is 0.310 e. The smallest absolute Gasteiger partial charge is 0.0543 e. The molecule has 10 aromatic rings. The van der Waals surface area contributed by atoms with Crippen molar-refractivity contribution < 1.29 is 0 Å². The van der Waals surface area contributed by atoms with E-state index in [1.807, 2.05) is 0 Å². The van der Waals surface area contributed by atoms with Gasteiger partial charge in [0.1, 0.15) is 0 Å². The van der Waals surface area contributed by atoms with E-state index in [0.29, 0.717) is 0 Å². The highest BCUT2D eigenvalue weighted by Crippen LogP contribution is 2.55. The van der Waals surface area contributed by atoms with Crippen LogP contribution in [-0.2, 0) is 10.8 Å². The third-order valence-corrected chi connectivity index (χ3v) is 14.0. The van der Waals surface area contributed by atoms with Crippen molar-refractivity contribution in [2.24, 2.45) is 0 Å². The zero-order chi connectivity index (χ0) is 41.7. The van der Waals surface area contributed by atoms with E-state index in [-0.39, 0.29) is 10.8 Å². The highest BCUT2D eigenvalue weighted by atomic mass is 15.1. The van der Waals surface area contributed by atoms with Gasteiger partial charge in [-0.05, 0) is 128 Å². The van der Waals surface area contributed by atoms with Crippen LogP contribution in [0, 0.1) is 0 Å². The topological polar surface area (TPSA) is 8.17 Å². The number of aromatic nitrogens is 1. The summed E-state index contributed by atoms with van der Waals surface area (Å²) in [4.78, 5) is 2.46. The minimum Gasteiger partial charge on any atom is -0.310 e. The van der Waals surface area contributed by atoms with E-state index >= 15 is 0 Å². The lowest BCUT2D eigenvalue weighted by atomic mass is 9.81. The van der Waals surface area contributed by atoms with Crippen LogP contribution in [0.3, 0.4) is 0 Å². The van der Waals surface area contributed by atoms with E-state index in [4.69, 9.17) is 0 Å². The van der Waals surface area contributed by atoms with E-state index < -0.39 is 0 Å². The lowest BCUT2D eigenvalue weighted by Crippen LogP contribution is -2.16. The number of fused-ring (bicyclic) bond motifs is 9. The molecule has 0 N–H and O–H groups in total. The Labute approximate surface area is 364 Å². The number of rotatable bonds is 6. The van der Waals surface area contributed by atoms with Gasteiger partial charge in [0.15, 0.2) is 0 Å². The van der Waals surface area contributed by atoms with E-state index in [2.05, 4.69) is 243 Å². The summed E-state index contributed by atoms with van der Waals surface area (Å²) < 4.78 is 2.38. The molecule has 0 aliphatic heterocycles. The Hall–Kier alpha value is -7.42. The second kappa shape index (κ2) is 13.5. The van der Waals surface area contributed by atoms with Crippen LogP contribution in [0.15, 0.2) is 206 Å². The maximum absolute atomic E-state index is 2.46. The molecular weight excluding hydrogens is 749 g/mol. The second-order valence-corrected chi connectivity index (χ2v) is 18.2. The van der Waals surface area contributed by atoms with Crippen molar-refractivity contribution >= 4 is 38.9 Å². The minimum atomic E-state index is -0.107. The number of hydrogen-bond donors (Lipinski definition) is 0. The van der Waals surface area contributed by atoms with E-state index in [1.54, 1.807) is 0 Å².